The van der Waals surface area contributed by atoms with Crippen LogP contribution < -0.4 is 5.32 Å². The van der Waals surface area contributed by atoms with Crippen LogP contribution in [-0.4, -0.2) is 10.2 Å². The van der Waals surface area contributed by atoms with Crippen LogP contribution in [0.1, 0.15) is 16.7 Å². The zero-order valence-corrected chi connectivity index (χ0v) is 12.5. The lowest BCUT2D eigenvalue weighted by Gasteiger charge is -2.09. The number of halogens is 3. The van der Waals surface area contributed by atoms with Crippen molar-refractivity contribution in [3.05, 3.63) is 62.9 Å². The van der Waals surface area contributed by atoms with Crippen LogP contribution in [0.15, 0.2) is 30.3 Å². The summed E-state index contributed by atoms with van der Waals surface area (Å²) >= 11 is 11.7. The number of hydrogen-bond donors (Lipinski definition) is 3. The van der Waals surface area contributed by atoms with Gasteiger partial charge in [0.05, 0.1) is 11.6 Å². The van der Waals surface area contributed by atoms with Gasteiger partial charge in [-0.25, -0.2) is 4.39 Å². The van der Waals surface area contributed by atoms with Crippen molar-refractivity contribution in [1.29, 1.82) is 0 Å². The highest BCUT2D eigenvalue weighted by molar-refractivity contribution is 6.35. The predicted molar refractivity (Wildman–Crippen MR) is 81.0 cm³/mol. The Hall–Kier alpha value is -1.33. The summed E-state index contributed by atoms with van der Waals surface area (Å²) in [7, 11) is 0. The van der Waals surface area contributed by atoms with Crippen molar-refractivity contribution in [3.63, 3.8) is 0 Å². The Balaban J connectivity index is 2.00. The van der Waals surface area contributed by atoms with Crippen LogP contribution >= 0.6 is 23.2 Å². The maximum Gasteiger partial charge on any atom is 0.138 e. The Kier molecular flexibility index (Phi) is 5.42. The Morgan fingerprint density at radius 2 is 1.81 bits per heavy atom. The first-order valence-corrected chi connectivity index (χ1v) is 7.02. The van der Waals surface area contributed by atoms with Crippen LogP contribution in [0.4, 0.5) is 4.39 Å². The zero-order chi connectivity index (χ0) is 15.4. The molecule has 3 N–H and O–H groups in total. The molecule has 0 fully saturated rings. The van der Waals surface area contributed by atoms with Gasteiger partial charge in [-0.1, -0.05) is 35.3 Å². The number of hydrogen-bond acceptors (Lipinski definition) is 3. The summed E-state index contributed by atoms with van der Waals surface area (Å²) in [6.07, 6.45) is 0. The van der Waals surface area contributed by atoms with E-state index < -0.39 is 5.82 Å². The van der Waals surface area contributed by atoms with Crippen molar-refractivity contribution in [2.24, 2.45) is 0 Å². The van der Waals surface area contributed by atoms with E-state index in [2.05, 4.69) is 5.32 Å². The van der Waals surface area contributed by atoms with Gasteiger partial charge in [0.25, 0.3) is 0 Å². The summed E-state index contributed by atoms with van der Waals surface area (Å²) in [4.78, 5) is 0. The zero-order valence-electron chi connectivity index (χ0n) is 11.0. The lowest BCUT2D eigenvalue weighted by atomic mass is 10.1. The van der Waals surface area contributed by atoms with Gasteiger partial charge < -0.3 is 15.5 Å². The van der Waals surface area contributed by atoms with Crippen LogP contribution in [0.3, 0.4) is 0 Å². The highest BCUT2D eigenvalue weighted by Gasteiger charge is 2.08. The second-order valence-electron chi connectivity index (χ2n) is 4.58. The van der Waals surface area contributed by atoms with Gasteiger partial charge in [-0.15, -0.1) is 0 Å². The van der Waals surface area contributed by atoms with Gasteiger partial charge in [0, 0.05) is 29.2 Å². The molecular weight excluding hydrogens is 316 g/mol. The fourth-order valence-corrected chi connectivity index (χ4v) is 2.46. The largest absolute Gasteiger partial charge is 0.506 e. The first kappa shape index (κ1) is 16.0. The molecule has 0 radical (unpaired) electrons. The monoisotopic (exact) mass is 329 g/mol. The molecule has 0 saturated carbocycles. The minimum Gasteiger partial charge on any atom is -0.506 e. The molecule has 0 aliphatic heterocycles. The van der Waals surface area contributed by atoms with Crippen LogP contribution in [0.25, 0.3) is 0 Å². The highest BCUT2D eigenvalue weighted by Crippen LogP contribution is 2.31. The number of aromatic hydroxyl groups is 1. The molecular formula is C15H14Cl2FNO2. The third-order valence-electron chi connectivity index (χ3n) is 3.04. The third kappa shape index (κ3) is 4.08. The van der Waals surface area contributed by atoms with Crippen LogP contribution in [-0.2, 0) is 19.7 Å². The van der Waals surface area contributed by atoms with E-state index in [1.54, 1.807) is 18.2 Å². The standard InChI is InChI=1S/C15H14Cl2FNO2/c16-12-4-11(15(21)13(17)5-12)7-19-6-9-1-2-10(8-20)14(18)3-9/h1-5,19-21H,6-8H2. The molecule has 0 aliphatic carbocycles. The molecule has 0 spiro atoms. The molecule has 2 rings (SSSR count). The molecule has 2 aromatic rings. The molecule has 0 atom stereocenters. The Morgan fingerprint density at radius 3 is 2.48 bits per heavy atom. The summed E-state index contributed by atoms with van der Waals surface area (Å²) in [5.74, 6) is -0.458. The average molecular weight is 330 g/mol. The summed E-state index contributed by atoms with van der Waals surface area (Å²) in [6, 6.07) is 7.71. The summed E-state index contributed by atoms with van der Waals surface area (Å²) in [5.41, 5.74) is 1.57. The fraction of sp³-hybridized carbons (Fsp3) is 0.200. The summed E-state index contributed by atoms with van der Waals surface area (Å²) in [6.45, 7) is 0.427. The van der Waals surface area contributed by atoms with Crippen LogP contribution in [0.5, 0.6) is 5.75 Å². The van der Waals surface area contributed by atoms with Gasteiger partial charge >= 0.3 is 0 Å². The number of benzene rings is 2. The quantitative estimate of drug-likeness (QED) is 0.785. The van der Waals surface area contributed by atoms with Gasteiger partial charge in [-0.3, -0.25) is 0 Å². The summed E-state index contributed by atoms with van der Waals surface area (Å²) in [5, 5.41) is 22.4. The van der Waals surface area contributed by atoms with E-state index in [4.69, 9.17) is 28.3 Å². The van der Waals surface area contributed by atoms with Crippen molar-refractivity contribution in [2.75, 3.05) is 0 Å². The smallest absolute Gasteiger partial charge is 0.138 e. The summed E-state index contributed by atoms with van der Waals surface area (Å²) < 4.78 is 13.5. The normalized spacial score (nSPS) is 10.9. The molecule has 0 aliphatic rings. The van der Waals surface area contributed by atoms with Crippen molar-refractivity contribution in [3.8, 4) is 5.75 Å². The molecule has 0 saturated heterocycles. The van der Waals surface area contributed by atoms with Crippen molar-refractivity contribution < 1.29 is 14.6 Å². The first-order valence-electron chi connectivity index (χ1n) is 6.27. The number of phenolic OH excluding ortho intramolecular Hbond substituents is 1. The fourth-order valence-electron chi connectivity index (χ4n) is 1.92. The number of aliphatic hydroxyl groups excluding tert-OH is 1. The Labute approximate surface area is 131 Å². The predicted octanol–water partition coefficient (Wildman–Crippen LogP) is 3.62. The molecule has 0 unspecified atom stereocenters. The molecule has 0 aromatic heterocycles. The maximum absolute atomic E-state index is 13.5. The van der Waals surface area contributed by atoms with E-state index in [1.807, 2.05) is 0 Å². The van der Waals surface area contributed by atoms with Crippen molar-refractivity contribution in [1.82, 2.24) is 5.32 Å². The number of nitrogens with one attached hydrogen (secondary N) is 1. The lowest BCUT2D eigenvalue weighted by molar-refractivity contribution is 0.275. The van der Waals surface area contributed by atoms with Crippen molar-refractivity contribution in [2.45, 2.75) is 19.7 Å². The molecule has 0 amide bonds. The Bertz CT molecular complexity index is 650. The topological polar surface area (TPSA) is 52.5 Å². The van der Waals surface area contributed by atoms with E-state index >= 15 is 0 Å². The molecule has 0 bridgehead atoms. The SMILES string of the molecule is OCc1ccc(CNCc2cc(Cl)cc(Cl)c2O)cc1F. The lowest BCUT2D eigenvalue weighted by Crippen LogP contribution is -2.13. The number of phenols is 1. The van der Waals surface area contributed by atoms with E-state index in [-0.39, 0.29) is 22.9 Å². The van der Waals surface area contributed by atoms with E-state index in [0.717, 1.165) is 5.56 Å². The molecule has 2 aromatic carbocycles. The third-order valence-corrected chi connectivity index (χ3v) is 3.55. The highest BCUT2D eigenvalue weighted by atomic mass is 35.5. The van der Waals surface area contributed by atoms with Gasteiger partial charge in [0.15, 0.2) is 0 Å². The molecule has 0 heterocycles. The Morgan fingerprint density at radius 1 is 1.05 bits per heavy atom. The minimum atomic E-state index is -0.439. The van der Waals surface area contributed by atoms with Crippen LogP contribution in [0.2, 0.25) is 10.0 Å². The van der Waals surface area contributed by atoms with Gasteiger partial charge in [0.1, 0.15) is 11.6 Å². The maximum atomic E-state index is 13.5. The van der Waals surface area contributed by atoms with E-state index in [1.165, 1.54) is 12.1 Å². The van der Waals surface area contributed by atoms with Crippen molar-refractivity contribution >= 4 is 23.2 Å². The van der Waals surface area contributed by atoms with Gasteiger partial charge in [-0.2, -0.15) is 0 Å². The second-order valence-corrected chi connectivity index (χ2v) is 5.43. The molecule has 21 heavy (non-hydrogen) atoms. The molecule has 6 heteroatoms. The molecule has 3 nitrogen and oxygen atoms in total. The first-order chi connectivity index (χ1) is 10.0. The molecule has 112 valence electrons. The van der Waals surface area contributed by atoms with Gasteiger partial charge in [-0.05, 0) is 23.8 Å². The van der Waals surface area contributed by atoms with E-state index in [9.17, 15) is 9.50 Å². The average Bonchev–Trinajstić information content (AvgIpc) is 2.44. The van der Waals surface area contributed by atoms with Crippen LogP contribution in [0, 0.1) is 5.82 Å². The second kappa shape index (κ2) is 7.09. The minimum absolute atomic E-state index is 0.0182. The number of aliphatic hydroxyl groups is 1. The van der Waals surface area contributed by atoms with Gasteiger partial charge in [0.2, 0.25) is 0 Å². The number of rotatable bonds is 5. The van der Waals surface area contributed by atoms with E-state index in [0.29, 0.717) is 23.7 Å².